The van der Waals surface area contributed by atoms with Crippen LogP contribution in [-0.4, -0.2) is 35.8 Å². The predicted octanol–water partition coefficient (Wildman–Crippen LogP) is 2.32. The first-order valence-electron chi connectivity index (χ1n) is 6.59. The fourth-order valence-corrected chi connectivity index (χ4v) is 2.85. The Balaban J connectivity index is 1.96. The van der Waals surface area contributed by atoms with Gasteiger partial charge in [0.05, 0.1) is 13.2 Å². The van der Waals surface area contributed by atoms with E-state index in [1.54, 1.807) is 0 Å². The summed E-state index contributed by atoms with van der Waals surface area (Å²) in [6.45, 7) is 7.05. The third-order valence-electron chi connectivity index (χ3n) is 3.80. The average Bonchev–Trinajstić information content (AvgIpc) is 2.69. The van der Waals surface area contributed by atoms with Crippen LogP contribution in [0, 0.1) is 6.92 Å². The van der Waals surface area contributed by atoms with Gasteiger partial charge in [-0.05, 0) is 24.1 Å². The second-order valence-corrected chi connectivity index (χ2v) is 5.12. The maximum absolute atomic E-state index is 5.41. The van der Waals surface area contributed by atoms with E-state index < -0.39 is 0 Å². The number of rotatable bonds is 2. The van der Waals surface area contributed by atoms with Crippen molar-refractivity contribution in [2.45, 2.75) is 13.5 Å². The summed E-state index contributed by atoms with van der Waals surface area (Å²) in [5.74, 6) is 0. The molecule has 3 heteroatoms. The van der Waals surface area contributed by atoms with Crippen molar-refractivity contribution < 1.29 is 4.74 Å². The third kappa shape index (κ3) is 2.04. The molecule has 0 spiro atoms. The highest BCUT2D eigenvalue weighted by atomic mass is 16.5. The molecule has 3 nitrogen and oxygen atoms in total. The van der Waals surface area contributed by atoms with E-state index >= 15 is 0 Å². The first-order chi connectivity index (χ1) is 8.75. The van der Waals surface area contributed by atoms with Crippen LogP contribution >= 0.6 is 0 Å². The van der Waals surface area contributed by atoms with Gasteiger partial charge in [-0.2, -0.15) is 0 Å². The second-order valence-electron chi connectivity index (χ2n) is 5.12. The smallest absolute Gasteiger partial charge is 0.0594 e. The van der Waals surface area contributed by atoms with Gasteiger partial charge in [-0.15, -0.1) is 0 Å². The summed E-state index contributed by atoms with van der Waals surface area (Å²) in [5, 5.41) is 1.42. The van der Waals surface area contributed by atoms with Gasteiger partial charge in [-0.1, -0.05) is 12.1 Å². The molecule has 1 fully saturated rings. The van der Waals surface area contributed by atoms with E-state index in [-0.39, 0.29) is 0 Å². The van der Waals surface area contributed by atoms with Crippen LogP contribution in [0.2, 0.25) is 0 Å². The Labute approximate surface area is 108 Å². The summed E-state index contributed by atoms with van der Waals surface area (Å²) >= 11 is 0. The summed E-state index contributed by atoms with van der Waals surface area (Å²) in [4.78, 5) is 2.48. The Bertz CT molecular complexity index is 553. The molecule has 1 aromatic heterocycles. The zero-order valence-electron chi connectivity index (χ0n) is 11.1. The molecule has 96 valence electrons. The van der Waals surface area contributed by atoms with Gasteiger partial charge in [0.1, 0.15) is 0 Å². The number of aryl methyl sites for hydroxylation is 2. The van der Waals surface area contributed by atoms with Crippen LogP contribution in [0.4, 0.5) is 0 Å². The van der Waals surface area contributed by atoms with E-state index in [1.165, 1.54) is 22.0 Å². The average molecular weight is 244 g/mol. The van der Waals surface area contributed by atoms with Crippen molar-refractivity contribution in [3.63, 3.8) is 0 Å². The summed E-state index contributed by atoms with van der Waals surface area (Å²) in [7, 11) is 2.13. The van der Waals surface area contributed by atoms with Crippen LogP contribution in [0.1, 0.15) is 11.1 Å². The first kappa shape index (κ1) is 11.8. The molecule has 0 bridgehead atoms. The van der Waals surface area contributed by atoms with E-state index in [1.807, 2.05) is 0 Å². The number of benzene rings is 1. The summed E-state index contributed by atoms with van der Waals surface area (Å²) in [5.41, 5.74) is 4.14. The number of morpholine rings is 1. The van der Waals surface area contributed by atoms with Crippen LogP contribution in [-0.2, 0) is 18.3 Å². The first-order valence-corrected chi connectivity index (χ1v) is 6.59. The zero-order valence-corrected chi connectivity index (χ0v) is 11.1. The van der Waals surface area contributed by atoms with Crippen molar-refractivity contribution in [1.82, 2.24) is 9.47 Å². The van der Waals surface area contributed by atoms with E-state index in [0.29, 0.717) is 0 Å². The fraction of sp³-hybridized carbons (Fsp3) is 0.467. The maximum atomic E-state index is 5.41. The molecule has 0 unspecified atom stereocenters. The van der Waals surface area contributed by atoms with E-state index in [0.717, 1.165) is 32.8 Å². The fourth-order valence-electron chi connectivity index (χ4n) is 2.85. The standard InChI is InChI=1S/C15H20N2O/c1-12-4-3-5-14-15(12)13(10-16(14)2)11-17-6-8-18-9-7-17/h3-5,10H,6-9,11H2,1-2H3. The molecule has 0 aliphatic carbocycles. The minimum atomic E-state index is 0.865. The number of ether oxygens (including phenoxy) is 1. The largest absolute Gasteiger partial charge is 0.379 e. The Morgan fingerprint density at radius 3 is 2.78 bits per heavy atom. The summed E-state index contributed by atoms with van der Waals surface area (Å²) < 4.78 is 7.64. The zero-order chi connectivity index (χ0) is 12.5. The van der Waals surface area contributed by atoms with E-state index in [9.17, 15) is 0 Å². The highest BCUT2D eigenvalue weighted by Gasteiger charge is 2.14. The van der Waals surface area contributed by atoms with E-state index in [2.05, 4.69) is 47.8 Å². The highest BCUT2D eigenvalue weighted by Crippen LogP contribution is 2.25. The van der Waals surface area contributed by atoms with Crippen molar-refractivity contribution in [3.8, 4) is 0 Å². The number of fused-ring (bicyclic) bond motifs is 1. The van der Waals surface area contributed by atoms with Crippen molar-refractivity contribution in [2.75, 3.05) is 26.3 Å². The number of hydrogen-bond acceptors (Lipinski definition) is 2. The highest BCUT2D eigenvalue weighted by molar-refractivity contribution is 5.87. The van der Waals surface area contributed by atoms with Crippen molar-refractivity contribution in [2.24, 2.45) is 7.05 Å². The molecule has 2 heterocycles. The molecule has 0 saturated carbocycles. The Morgan fingerprint density at radius 2 is 2.00 bits per heavy atom. The monoisotopic (exact) mass is 244 g/mol. The molecule has 0 atom stereocenters. The normalized spacial score (nSPS) is 17.4. The molecule has 1 aromatic carbocycles. The lowest BCUT2D eigenvalue weighted by molar-refractivity contribution is 0.0343. The molecule has 1 aliphatic rings. The third-order valence-corrected chi connectivity index (χ3v) is 3.80. The van der Waals surface area contributed by atoms with Gasteiger partial charge >= 0.3 is 0 Å². The molecule has 18 heavy (non-hydrogen) atoms. The van der Waals surface area contributed by atoms with Gasteiger partial charge in [0.25, 0.3) is 0 Å². The lowest BCUT2D eigenvalue weighted by Gasteiger charge is -2.26. The molecule has 0 radical (unpaired) electrons. The minimum Gasteiger partial charge on any atom is -0.379 e. The molecule has 0 amide bonds. The molecular weight excluding hydrogens is 224 g/mol. The van der Waals surface area contributed by atoms with Crippen molar-refractivity contribution >= 4 is 10.9 Å². The lowest BCUT2D eigenvalue weighted by atomic mass is 10.1. The quantitative estimate of drug-likeness (QED) is 0.806. The molecule has 2 aromatic rings. The Morgan fingerprint density at radius 1 is 1.22 bits per heavy atom. The van der Waals surface area contributed by atoms with Gasteiger partial charge in [0, 0.05) is 43.8 Å². The Hall–Kier alpha value is -1.32. The van der Waals surface area contributed by atoms with Gasteiger partial charge in [0.2, 0.25) is 0 Å². The van der Waals surface area contributed by atoms with Gasteiger partial charge in [-0.3, -0.25) is 4.90 Å². The van der Waals surface area contributed by atoms with Crippen LogP contribution in [0.15, 0.2) is 24.4 Å². The Kier molecular flexibility index (Phi) is 3.10. The molecule has 3 rings (SSSR count). The van der Waals surface area contributed by atoms with Crippen LogP contribution in [0.3, 0.4) is 0 Å². The summed E-state index contributed by atoms with van der Waals surface area (Å²) in [6, 6.07) is 6.53. The maximum Gasteiger partial charge on any atom is 0.0594 e. The van der Waals surface area contributed by atoms with Gasteiger partial charge in [-0.25, -0.2) is 0 Å². The second kappa shape index (κ2) is 4.75. The SMILES string of the molecule is Cc1cccc2c1c(CN1CCOCC1)cn2C. The number of nitrogens with zero attached hydrogens (tertiary/aromatic N) is 2. The summed E-state index contributed by atoms with van der Waals surface area (Å²) in [6.07, 6.45) is 2.27. The molecular formula is C15H20N2O. The topological polar surface area (TPSA) is 17.4 Å². The van der Waals surface area contributed by atoms with E-state index in [4.69, 9.17) is 4.74 Å². The lowest BCUT2D eigenvalue weighted by Crippen LogP contribution is -2.35. The van der Waals surface area contributed by atoms with Crippen LogP contribution in [0.5, 0.6) is 0 Å². The molecule has 1 saturated heterocycles. The number of hydrogen-bond donors (Lipinski definition) is 0. The number of aromatic nitrogens is 1. The van der Waals surface area contributed by atoms with Gasteiger partial charge < -0.3 is 9.30 Å². The van der Waals surface area contributed by atoms with Crippen LogP contribution < -0.4 is 0 Å². The molecule has 0 N–H and O–H groups in total. The predicted molar refractivity (Wildman–Crippen MR) is 73.8 cm³/mol. The van der Waals surface area contributed by atoms with Gasteiger partial charge in [0.15, 0.2) is 0 Å². The molecule has 1 aliphatic heterocycles. The van der Waals surface area contributed by atoms with Crippen LogP contribution in [0.25, 0.3) is 10.9 Å². The van der Waals surface area contributed by atoms with Crippen molar-refractivity contribution in [1.29, 1.82) is 0 Å². The van der Waals surface area contributed by atoms with Crippen molar-refractivity contribution in [3.05, 3.63) is 35.5 Å². The minimum absolute atomic E-state index is 0.865.